The molecule has 6 nitrogen and oxygen atoms in total. The summed E-state index contributed by atoms with van der Waals surface area (Å²) in [7, 11) is -3.95. The highest BCUT2D eigenvalue weighted by Crippen LogP contribution is 2.32. The molecule has 28 heavy (non-hydrogen) atoms. The molecule has 3 rings (SSSR count). The van der Waals surface area contributed by atoms with Crippen LogP contribution in [0, 0.1) is 24.2 Å². The van der Waals surface area contributed by atoms with E-state index in [9.17, 15) is 13.7 Å². The molecule has 2 aromatic carbocycles. The fourth-order valence-corrected chi connectivity index (χ4v) is 4.15. The van der Waals surface area contributed by atoms with Gasteiger partial charge < -0.3 is 5.32 Å². The number of para-hydroxylation sites is 2. The lowest BCUT2D eigenvalue weighted by molar-refractivity contribution is 0.590. The molecule has 1 N–H and O–H groups in total. The van der Waals surface area contributed by atoms with Crippen LogP contribution in [0.5, 0.6) is 0 Å². The number of nitrogens with one attached hydrogen (secondary N) is 1. The van der Waals surface area contributed by atoms with E-state index in [2.05, 4.69) is 15.3 Å². The summed E-state index contributed by atoms with van der Waals surface area (Å²) in [5, 5.41) is 11.5. The number of fused-ring (bicyclic) bond motifs is 1. The zero-order valence-electron chi connectivity index (χ0n) is 16.0. The van der Waals surface area contributed by atoms with E-state index in [0.29, 0.717) is 29.3 Å². The molecule has 0 radical (unpaired) electrons. The van der Waals surface area contributed by atoms with Crippen LogP contribution in [0.25, 0.3) is 11.0 Å². The molecule has 1 aromatic heterocycles. The summed E-state index contributed by atoms with van der Waals surface area (Å²) in [6, 6.07) is 15.6. The first-order valence-corrected chi connectivity index (χ1v) is 10.6. The van der Waals surface area contributed by atoms with E-state index in [1.165, 1.54) is 12.1 Å². The summed E-state index contributed by atoms with van der Waals surface area (Å²) in [5.74, 6) is 0.644. The molecule has 0 aliphatic rings. The van der Waals surface area contributed by atoms with E-state index in [-0.39, 0.29) is 10.6 Å². The van der Waals surface area contributed by atoms with Crippen LogP contribution >= 0.6 is 0 Å². The highest BCUT2D eigenvalue weighted by molar-refractivity contribution is 7.92. The molecular weight excluding hydrogens is 372 g/mol. The van der Waals surface area contributed by atoms with Gasteiger partial charge in [0.15, 0.2) is 11.1 Å². The average molecular weight is 395 g/mol. The Morgan fingerprint density at radius 1 is 1.04 bits per heavy atom. The summed E-state index contributed by atoms with van der Waals surface area (Å²) in [6.45, 7) is 6.53. The minimum Gasteiger partial charge on any atom is -0.368 e. The number of aromatic nitrogens is 2. The van der Waals surface area contributed by atoms with Crippen molar-refractivity contribution in [2.45, 2.75) is 30.9 Å². The molecule has 0 fully saturated rings. The van der Waals surface area contributed by atoms with Crippen LogP contribution in [-0.4, -0.2) is 24.9 Å². The Bertz CT molecular complexity index is 1130. The Morgan fingerprint density at radius 2 is 1.64 bits per heavy atom. The predicted octanol–water partition coefficient (Wildman–Crippen LogP) is 4.04. The summed E-state index contributed by atoms with van der Waals surface area (Å²) in [4.78, 5) is 9.15. The molecule has 0 bridgehead atoms. The summed E-state index contributed by atoms with van der Waals surface area (Å²) < 4.78 is 26.4. The third-order valence-corrected chi connectivity index (χ3v) is 6.18. The molecule has 0 saturated heterocycles. The maximum atomic E-state index is 13.2. The van der Waals surface area contributed by atoms with Gasteiger partial charge in [0, 0.05) is 6.54 Å². The largest absolute Gasteiger partial charge is 0.368 e. The summed E-state index contributed by atoms with van der Waals surface area (Å²) >= 11 is 0. The predicted molar refractivity (Wildman–Crippen MR) is 110 cm³/mol. The number of sulfone groups is 1. The lowest BCUT2D eigenvalue weighted by Crippen LogP contribution is -2.19. The van der Waals surface area contributed by atoms with Gasteiger partial charge in [0.25, 0.3) is 0 Å². The van der Waals surface area contributed by atoms with Gasteiger partial charge in [0.1, 0.15) is 5.69 Å². The van der Waals surface area contributed by atoms with Gasteiger partial charge in [-0.1, -0.05) is 43.7 Å². The maximum Gasteiger partial charge on any atom is 0.200 e. The van der Waals surface area contributed by atoms with Crippen molar-refractivity contribution in [1.29, 1.82) is 5.26 Å². The lowest BCUT2D eigenvalue weighted by Gasteiger charge is -2.17. The second kappa shape index (κ2) is 7.95. The van der Waals surface area contributed by atoms with Gasteiger partial charge in [0.2, 0.25) is 9.84 Å². The van der Waals surface area contributed by atoms with E-state index in [0.717, 1.165) is 5.56 Å². The van der Waals surface area contributed by atoms with Crippen LogP contribution in [-0.2, 0) is 9.84 Å². The zero-order chi connectivity index (χ0) is 20.3. The summed E-state index contributed by atoms with van der Waals surface area (Å²) in [5.41, 5.74) is 2.26. The number of anilines is 1. The van der Waals surface area contributed by atoms with E-state index >= 15 is 0 Å². The van der Waals surface area contributed by atoms with Crippen molar-refractivity contribution in [3.8, 4) is 6.07 Å². The Hall–Kier alpha value is -2.98. The van der Waals surface area contributed by atoms with E-state index in [1.54, 1.807) is 24.3 Å². The van der Waals surface area contributed by atoms with Crippen molar-refractivity contribution in [1.82, 2.24) is 9.97 Å². The fourth-order valence-electron chi connectivity index (χ4n) is 2.77. The SMILES string of the molecule is Cc1ccc(S(=O)(=O)[C@@H](C#N)c2nc3ccccc3nc2NCC(C)C)cc1. The smallest absolute Gasteiger partial charge is 0.200 e. The van der Waals surface area contributed by atoms with Gasteiger partial charge in [-0.2, -0.15) is 5.26 Å². The van der Waals surface area contributed by atoms with Gasteiger partial charge in [-0.25, -0.2) is 18.4 Å². The number of benzene rings is 2. The van der Waals surface area contributed by atoms with Gasteiger partial charge in [-0.05, 0) is 37.1 Å². The van der Waals surface area contributed by atoms with Crippen LogP contribution in [0.4, 0.5) is 5.82 Å². The highest BCUT2D eigenvalue weighted by atomic mass is 32.2. The zero-order valence-corrected chi connectivity index (χ0v) is 16.9. The molecule has 0 aliphatic carbocycles. The van der Waals surface area contributed by atoms with E-state index in [4.69, 9.17) is 0 Å². The minimum absolute atomic E-state index is 0.0921. The lowest BCUT2D eigenvalue weighted by atomic mass is 10.2. The van der Waals surface area contributed by atoms with Crippen LogP contribution < -0.4 is 5.32 Å². The number of nitriles is 1. The van der Waals surface area contributed by atoms with Gasteiger partial charge >= 0.3 is 0 Å². The molecule has 0 aliphatic heterocycles. The van der Waals surface area contributed by atoms with E-state index in [1.807, 2.05) is 39.0 Å². The molecule has 7 heteroatoms. The maximum absolute atomic E-state index is 13.2. The van der Waals surface area contributed by atoms with Crippen molar-refractivity contribution >= 4 is 26.7 Å². The van der Waals surface area contributed by atoms with Gasteiger partial charge in [-0.3, -0.25) is 0 Å². The number of nitrogens with zero attached hydrogens (tertiary/aromatic N) is 3. The minimum atomic E-state index is -3.95. The highest BCUT2D eigenvalue weighted by Gasteiger charge is 2.33. The van der Waals surface area contributed by atoms with Crippen LogP contribution in [0.1, 0.15) is 30.4 Å². The third-order valence-electron chi connectivity index (χ3n) is 4.30. The third kappa shape index (κ3) is 3.97. The quantitative estimate of drug-likeness (QED) is 0.678. The second-order valence-electron chi connectivity index (χ2n) is 7.09. The molecule has 0 unspecified atom stereocenters. The first-order valence-electron chi connectivity index (χ1n) is 9.03. The van der Waals surface area contributed by atoms with Crippen molar-refractivity contribution in [3.05, 3.63) is 59.8 Å². The Kier molecular flexibility index (Phi) is 5.61. The molecular formula is C21H22N4O2S. The first-order chi connectivity index (χ1) is 13.3. The van der Waals surface area contributed by atoms with Gasteiger partial charge in [-0.15, -0.1) is 0 Å². The number of rotatable bonds is 6. The first kappa shape index (κ1) is 19.8. The monoisotopic (exact) mass is 394 g/mol. The Labute approximate surface area is 165 Å². The van der Waals surface area contributed by atoms with E-state index < -0.39 is 15.1 Å². The molecule has 1 atom stereocenters. The topological polar surface area (TPSA) is 95.7 Å². The Balaban J connectivity index is 2.16. The van der Waals surface area contributed by atoms with Crippen LogP contribution in [0.3, 0.4) is 0 Å². The van der Waals surface area contributed by atoms with Crippen LogP contribution in [0.2, 0.25) is 0 Å². The molecule has 0 spiro atoms. The second-order valence-corrected chi connectivity index (χ2v) is 9.12. The molecule has 144 valence electrons. The van der Waals surface area contributed by atoms with Crippen molar-refractivity contribution in [3.63, 3.8) is 0 Å². The standard InChI is InChI=1S/C21H22N4O2S/c1-14(2)13-23-21-20(24-17-6-4-5-7-18(17)25-21)19(12-22)28(26,27)16-10-8-15(3)9-11-16/h4-11,14,19H,13H2,1-3H3,(H,23,25)/t19-/m0/s1. The number of hydrogen-bond acceptors (Lipinski definition) is 6. The van der Waals surface area contributed by atoms with Gasteiger partial charge in [0.05, 0.1) is 22.0 Å². The van der Waals surface area contributed by atoms with Crippen molar-refractivity contribution in [2.24, 2.45) is 5.92 Å². The fraction of sp³-hybridized carbons (Fsp3) is 0.286. The molecule has 1 heterocycles. The summed E-state index contributed by atoms with van der Waals surface area (Å²) in [6.07, 6.45) is 0. The molecule has 0 saturated carbocycles. The number of aryl methyl sites for hydroxylation is 1. The van der Waals surface area contributed by atoms with Crippen LogP contribution in [0.15, 0.2) is 53.4 Å². The van der Waals surface area contributed by atoms with Crippen molar-refractivity contribution < 1.29 is 8.42 Å². The average Bonchev–Trinajstić information content (AvgIpc) is 2.67. The Morgan fingerprint density at radius 3 is 2.21 bits per heavy atom. The number of hydrogen-bond donors (Lipinski definition) is 1. The molecule has 0 amide bonds. The molecule has 3 aromatic rings. The van der Waals surface area contributed by atoms with Crippen molar-refractivity contribution in [2.75, 3.05) is 11.9 Å². The normalized spacial score (nSPS) is 12.7.